The van der Waals surface area contributed by atoms with E-state index in [-0.39, 0.29) is 0 Å². The molecular formula is C30H19ClO. The molecule has 0 aliphatic rings. The monoisotopic (exact) mass is 430 g/mol. The summed E-state index contributed by atoms with van der Waals surface area (Å²) in [6, 6.07) is 39.6. The van der Waals surface area contributed by atoms with E-state index in [0.717, 1.165) is 49.2 Å². The summed E-state index contributed by atoms with van der Waals surface area (Å²) in [5.74, 6) is 0. The normalized spacial score (nSPS) is 11.3. The van der Waals surface area contributed by atoms with Crippen molar-refractivity contribution in [2.24, 2.45) is 0 Å². The zero-order valence-corrected chi connectivity index (χ0v) is 18.0. The molecule has 0 aliphatic carbocycles. The second kappa shape index (κ2) is 7.71. The van der Waals surface area contributed by atoms with Crippen LogP contribution in [0.4, 0.5) is 0 Å². The van der Waals surface area contributed by atoms with Crippen LogP contribution in [0, 0.1) is 0 Å². The van der Waals surface area contributed by atoms with Gasteiger partial charge in [0.15, 0.2) is 0 Å². The Bertz CT molecular complexity index is 1580. The van der Waals surface area contributed by atoms with Gasteiger partial charge in [-0.3, -0.25) is 0 Å². The first-order valence-electron chi connectivity index (χ1n) is 10.6. The first-order valence-corrected chi connectivity index (χ1v) is 11.0. The average Bonchev–Trinajstić information content (AvgIpc) is 3.22. The van der Waals surface area contributed by atoms with Gasteiger partial charge >= 0.3 is 0 Å². The van der Waals surface area contributed by atoms with E-state index in [1.165, 1.54) is 11.1 Å². The first-order chi connectivity index (χ1) is 15.8. The number of fused-ring (bicyclic) bond motifs is 3. The predicted octanol–water partition coefficient (Wildman–Crippen LogP) is 9.24. The van der Waals surface area contributed by atoms with Crippen LogP contribution in [0.25, 0.3) is 55.3 Å². The molecule has 0 spiro atoms. The minimum Gasteiger partial charge on any atom is -0.456 e. The molecule has 0 radical (unpaired) electrons. The van der Waals surface area contributed by atoms with Gasteiger partial charge in [0.05, 0.1) is 0 Å². The van der Waals surface area contributed by atoms with Crippen molar-refractivity contribution >= 4 is 33.5 Å². The largest absolute Gasteiger partial charge is 0.456 e. The summed E-state index contributed by atoms with van der Waals surface area (Å²) < 4.78 is 6.03. The van der Waals surface area contributed by atoms with Gasteiger partial charge in [-0.2, -0.15) is 0 Å². The van der Waals surface area contributed by atoms with Crippen molar-refractivity contribution in [1.82, 2.24) is 0 Å². The van der Waals surface area contributed by atoms with Gasteiger partial charge in [0, 0.05) is 21.4 Å². The Morgan fingerprint density at radius 1 is 0.469 bits per heavy atom. The molecule has 2 heteroatoms. The highest BCUT2D eigenvalue weighted by atomic mass is 35.5. The molecule has 0 fully saturated rings. The van der Waals surface area contributed by atoms with E-state index < -0.39 is 0 Å². The number of para-hydroxylation sites is 1. The van der Waals surface area contributed by atoms with Crippen molar-refractivity contribution in [3.05, 3.63) is 120 Å². The summed E-state index contributed by atoms with van der Waals surface area (Å²) in [4.78, 5) is 0. The van der Waals surface area contributed by atoms with Crippen LogP contribution in [0.5, 0.6) is 0 Å². The van der Waals surface area contributed by atoms with E-state index in [9.17, 15) is 0 Å². The Balaban J connectivity index is 1.61. The Morgan fingerprint density at radius 3 is 2.03 bits per heavy atom. The van der Waals surface area contributed by atoms with Crippen LogP contribution in [0.3, 0.4) is 0 Å². The number of furan rings is 1. The van der Waals surface area contributed by atoms with Gasteiger partial charge in [-0.25, -0.2) is 0 Å². The second-order valence-corrected chi connectivity index (χ2v) is 8.29. The van der Waals surface area contributed by atoms with Crippen LogP contribution in [-0.4, -0.2) is 0 Å². The molecule has 5 aromatic carbocycles. The van der Waals surface area contributed by atoms with Gasteiger partial charge in [0.25, 0.3) is 0 Å². The lowest BCUT2D eigenvalue weighted by Crippen LogP contribution is -1.90. The lowest BCUT2D eigenvalue weighted by molar-refractivity contribution is 0.669. The molecule has 0 aliphatic heterocycles. The summed E-state index contributed by atoms with van der Waals surface area (Å²) in [7, 11) is 0. The van der Waals surface area contributed by atoms with E-state index in [1.807, 2.05) is 42.5 Å². The molecule has 152 valence electrons. The zero-order valence-electron chi connectivity index (χ0n) is 17.3. The number of rotatable bonds is 3. The van der Waals surface area contributed by atoms with Crippen molar-refractivity contribution in [3.63, 3.8) is 0 Å². The van der Waals surface area contributed by atoms with Crippen molar-refractivity contribution in [1.29, 1.82) is 0 Å². The predicted molar refractivity (Wildman–Crippen MR) is 135 cm³/mol. The smallest absolute Gasteiger partial charge is 0.135 e. The van der Waals surface area contributed by atoms with Crippen molar-refractivity contribution in [2.45, 2.75) is 0 Å². The van der Waals surface area contributed by atoms with Gasteiger partial charge in [0.2, 0.25) is 0 Å². The highest BCUT2D eigenvalue weighted by Gasteiger charge is 2.16. The number of benzene rings is 5. The fourth-order valence-corrected chi connectivity index (χ4v) is 4.79. The molecule has 0 amide bonds. The maximum Gasteiger partial charge on any atom is 0.135 e. The number of hydrogen-bond acceptors (Lipinski definition) is 1. The molecular weight excluding hydrogens is 412 g/mol. The molecule has 32 heavy (non-hydrogen) atoms. The quantitative estimate of drug-likeness (QED) is 0.272. The molecule has 0 bridgehead atoms. The maximum atomic E-state index is 6.83. The third-order valence-corrected chi connectivity index (χ3v) is 6.30. The molecule has 0 unspecified atom stereocenters. The summed E-state index contributed by atoms with van der Waals surface area (Å²) in [6.45, 7) is 0. The van der Waals surface area contributed by atoms with Crippen LogP contribution in [0.2, 0.25) is 5.02 Å². The average molecular weight is 431 g/mol. The van der Waals surface area contributed by atoms with Crippen LogP contribution in [0.15, 0.2) is 120 Å². The highest BCUT2D eigenvalue weighted by molar-refractivity contribution is 6.34. The van der Waals surface area contributed by atoms with Crippen LogP contribution in [0.1, 0.15) is 0 Å². The molecule has 1 aromatic heterocycles. The first kappa shape index (κ1) is 18.9. The molecule has 1 heterocycles. The Labute approximate surface area is 191 Å². The van der Waals surface area contributed by atoms with Gasteiger partial charge in [-0.05, 0) is 52.1 Å². The van der Waals surface area contributed by atoms with Crippen LogP contribution in [-0.2, 0) is 0 Å². The second-order valence-electron chi connectivity index (χ2n) is 7.88. The minimum atomic E-state index is 0.734. The Kier molecular flexibility index (Phi) is 4.56. The van der Waals surface area contributed by atoms with Gasteiger partial charge in [-0.1, -0.05) is 103 Å². The molecule has 0 atom stereocenters. The Morgan fingerprint density at radius 2 is 1.16 bits per heavy atom. The zero-order chi connectivity index (χ0) is 21.5. The summed E-state index contributed by atoms with van der Waals surface area (Å²) in [6.07, 6.45) is 0. The minimum absolute atomic E-state index is 0.734. The lowest BCUT2D eigenvalue weighted by Gasteiger charge is -2.16. The van der Waals surface area contributed by atoms with Crippen molar-refractivity contribution < 1.29 is 4.42 Å². The van der Waals surface area contributed by atoms with Crippen molar-refractivity contribution in [3.8, 4) is 33.4 Å². The molecule has 6 rings (SSSR count). The highest BCUT2D eigenvalue weighted by Crippen LogP contribution is 2.43. The van der Waals surface area contributed by atoms with E-state index in [4.69, 9.17) is 16.0 Å². The third kappa shape index (κ3) is 3.10. The van der Waals surface area contributed by atoms with E-state index in [2.05, 4.69) is 72.8 Å². The fourth-order valence-electron chi connectivity index (χ4n) is 4.51. The summed E-state index contributed by atoms with van der Waals surface area (Å²) in [5, 5.41) is 2.94. The van der Waals surface area contributed by atoms with Gasteiger partial charge in [-0.15, -0.1) is 0 Å². The standard InChI is InChI=1S/C30H19ClO/c31-27-15-8-14-25(23-12-5-4-11-22(23)20-9-2-1-3-10-20)30(27)21-17-18-29-26(19-21)24-13-6-7-16-28(24)32-29/h1-19H. The lowest BCUT2D eigenvalue weighted by atomic mass is 9.89. The van der Waals surface area contributed by atoms with E-state index >= 15 is 0 Å². The molecule has 0 saturated carbocycles. The van der Waals surface area contributed by atoms with E-state index in [0.29, 0.717) is 0 Å². The number of hydrogen-bond donors (Lipinski definition) is 0. The SMILES string of the molecule is Clc1cccc(-c2ccccc2-c2ccccc2)c1-c1ccc2oc3ccccc3c2c1. The number of halogens is 1. The topological polar surface area (TPSA) is 13.1 Å². The molecule has 0 N–H and O–H groups in total. The van der Waals surface area contributed by atoms with Crippen LogP contribution >= 0.6 is 11.6 Å². The van der Waals surface area contributed by atoms with Crippen molar-refractivity contribution in [2.75, 3.05) is 0 Å². The maximum absolute atomic E-state index is 6.83. The van der Waals surface area contributed by atoms with Crippen LogP contribution < -0.4 is 0 Å². The summed E-state index contributed by atoms with van der Waals surface area (Å²) >= 11 is 6.83. The summed E-state index contributed by atoms with van der Waals surface area (Å²) in [5.41, 5.74) is 8.54. The molecule has 0 saturated heterocycles. The Hall–Kier alpha value is -3.81. The third-order valence-electron chi connectivity index (χ3n) is 5.98. The van der Waals surface area contributed by atoms with Gasteiger partial charge in [0.1, 0.15) is 11.2 Å². The molecule has 6 aromatic rings. The van der Waals surface area contributed by atoms with E-state index in [1.54, 1.807) is 0 Å². The molecule has 1 nitrogen and oxygen atoms in total. The fraction of sp³-hybridized carbons (Fsp3) is 0. The van der Waals surface area contributed by atoms with Gasteiger partial charge < -0.3 is 4.42 Å².